The van der Waals surface area contributed by atoms with Gasteiger partial charge in [0.25, 0.3) is 5.91 Å². The number of rotatable bonds is 2. The minimum atomic E-state index is -0.0482. The van der Waals surface area contributed by atoms with Crippen LogP contribution in [0.25, 0.3) is 16.3 Å². The van der Waals surface area contributed by atoms with E-state index in [4.69, 9.17) is 15.2 Å². The standard InChI is InChI=1S/C18H16N2O3/c1-2-10(5-6-19)15-13-8-20-18(21)12(13)7-11-3-4-14-17(16(11)15)23-9-22-14/h2-7H,8-9,19H2,1H3,(H,20,21)/b6-5-,10-2+. The molecule has 2 aromatic carbocycles. The van der Waals surface area contributed by atoms with E-state index in [2.05, 4.69) is 5.32 Å². The lowest BCUT2D eigenvalue weighted by atomic mass is 9.89. The van der Waals surface area contributed by atoms with E-state index < -0.39 is 0 Å². The van der Waals surface area contributed by atoms with Gasteiger partial charge in [-0.1, -0.05) is 12.1 Å². The minimum Gasteiger partial charge on any atom is -0.454 e. The van der Waals surface area contributed by atoms with E-state index in [-0.39, 0.29) is 12.7 Å². The molecule has 0 spiro atoms. The van der Waals surface area contributed by atoms with Crippen molar-refractivity contribution in [1.82, 2.24) is 5.32 Å². The van der Waals surface area contributed by atoms with Crippen LogP contribution in [0.3, 0.4) is 0 Å². The summed E-state index contributed by atoms with van der Waals surface area (Å²) < 4.78 is 11.2. The molecule has 116 valence electrons. The molecular weight excluding hydrogens is 292 g/mol. The molecule has 2 aliphatic rings. The monoisotopic (exact) mass is 308 g/mol. The van der Waals surface area contributed by atoms with Gasteiger partial charge in [-0.05, 0) is 53.4 Å². The van der Waals surface area contributed by atoms with Crippen molar-refractivity contribution in [2.45, 2.75) is 13.5 Å². The van der Waals surface area contributed by atoms with E-state index in [9.17, 15) is 4.79 Å². The van der Waals surface area contributed by atoms with Gasteiger partial charge in [-0.2, -0.15) is 0 Å². The zero-order valence-electron chi connectivity index (χ0n) is 12.7. The highest BCUT2D eigenvalue weighted by Crippen LogP contribution is 2.45. The number of carbonyl (C=O) groups is 1. The fourth-order valence-electron chi connectivity index (χ4n) is 3.29. The summed E-state index contributed by atoms with van der Waals surface area (Å²) in [6.45, 7) is 2.66. The number of nitrogens with two attached hydrogens (primary N) is 1. The molecule has 0 aromatic heterocycles. The number of hydrogen-bond donors (Lipinski definition) is 2. The lowest BCUT2D eigenvalue weighted by Crippen LogP contribution is -2.12. The third kappa shape index (κ3) is 1.90. The number of allylic oxidation sites excluding steroid dienone is 3. The summed E-state index contributed by atoms with van der Waals surface area (Å²) in [4.78, 5) is 12.1. The molecule has 1 amide bonds. The zero-order chi connectivity index (χ0) is 16.0. The predicted octanol–water partition coefficient (Wildman–Crippen LogP) is 2.69. The summed E-state index contributed by atoms with van der Waals surface area (Å²) >= 11 is 0. The first kappa shape index (κ1) is 13.7. The molecular formula is C18H16N2O3. The van der Waals surface area contributed by atoms with Crippen LogP contribution in [0.4, 0.5) is 0 Å². The number of carbonyl (C=O) groups excluding carboxylic acids is 1. The van der Waals surface area contributed by atoms with Gasteiger partial charge in [0.15, 0.2) is 11.5 Å². The topological polar surface area (TPSA) is 73.6 Å². The average molecular weight is 308 g/mol. The van der Waals surface area contributed by atoms with Crippen LogP contribution < -0.4 is 20.5 Å². The van der Waals surface area contributed by atoms with E-state index in [1.165, 1.54) is 6.20 Å². The molecule has 0 bridgehead atoms. The van der Waals surface area contributed by atoms with Crippen LogP contribution in [0.5, 0.6) is 11.5 Å². The number of ether oxygens (including phenoxy) is 2. The molecule has 4 rings (SSSR count). The third-order valence-electron chi connectivity index (χ3n) is 4.29. The first-order valence-electron chi connectivity index (χ1n) is 7.46. The van der Waals surface area contributed by atoms with E-state index in [0.717, 1.165) is 39.0 Å². The summed E-state index contributed by atoms with van der Waals surface area (Å²) in [7, 11) is 0. The smallest absolute Gasteiger partial charge is 0.251 e. The van der Waals surface area contributed by atoms with Crippen molar-refractivity contribution in [3.63, 3.8) is 0 Å². The number of benzene rings is 2. The lowest BCUT2D eigenvalue weighted by Gasteiger charge is -2.14. The molecule has 0 fully saturated rings. The Balaban J connectivity index is 2.16. The second-order valence-electron chi connectivity index (χ2n) is 5.46. The number of hydrogen-bond acceptors (Lipinski definition) is 4. The Hall–Kier alpha value is -2.95. The summed E-state index contributed by atoms with van der Waals surface area (Å²) in [5, 5.41) is 4.80. The van der Waals surface area contributed by atoms with Crippen LogP contribution in [0.2, 0.25) is 0 Å². The van der Waals surface area contributed by atoms with Gasteiger partial charge in [-0.3, -0.25) is 4.79 Å². The van der Waals surface area contributed by atoms with Crippen molar-refractivity contribution >= 4 is 22.3 Å². The maximum atomic E-state index is 12.1. The SMILES string of the molecule is C/C=C(\C=C/N)c1c2c(cc3ccc4c(c13)OCO4)C(=O)NC2. The number of amides is 1. The fourth-order valence-corrected chi connectivity index (χ4v) is 3.29. The second-order valence-corrected chi connectivity index (χ2v) is 5.46. The highest BCUT2D eigenvalue weighted by Gasteiger charge is 2.28. The Morgan fingerprint density at radius 2 is 2.22 bits per heavy atom. The van der Waals surface area contributed by atoms with Crippen molar-refractivity contribution in [2.24, 2.45) is 5.73 Å². The molecule has 0 unspecified atom stereocenters. The molecule has 2 aliphatic heterocycles. The van der Waals surface area contributed by atoms with Crippen molar-refractivity contribution < 1.29 is 14.3 Å². The molecule has 5 heteroatoms. The lowest BCUT2D eigenvalue weighted by molar-refractivity contribution is 0.0966. The average Bonchev–Trinajstić information content (AvgIpc) is 3.18. The summed E-state index contributed by atoms with van der Waals surface area (Å²) in [6, 6.07) is 5.75. The fraction of sp³-hybridized carbons (Fsp3) is 0.167. The summed E-state index contributed by atoms with van der Waals surface area (Å²) in [6.07, 6.45) is 5.33. The first-order chi connectivity index (χ1) is 11.2. The summed E-state index contributed by atoms with van der Waals surface area (Å²) in [5.74, 6) is 1.40. The molecule has 0 radical (unpaired) electrons. The highest BCUT2D eigenvalue weighted by atomic mass is 16.7. The quantitative estimate of drug-likeness (QED) is 0.837. The molecule has 3 N–H and O–H groups in total. The molecule has 0 saturated carbocycles. The van der Waals surface area contributed by atoms with Crippen LogP contribution in [0, 0.1) is 0 Å². The Morgan fingerprint density at radius 3 is 3.00 bits per heavy atom. The largest absolute Gasteiger partial charge is 0.454 e. The normalized spacial score (nSPS) is 16.2. The van der Waals surface area contributed by atoms with Crippen LogP contribution in [0.1, 0.15) is 28.4 Å². The molecule has 0 aliphatic carbocycles. The minimum absolute atomic E-state index is 0.0482. The Morgan fingerprint density at radius 1 is 1.35 bits per heavy atom. The molecule has 2 heterocycles. The molecule has 23 heavy (non-hydrogen) atoms. The van der Waals surface area contributed by atoms with E-state index >= 15 is 0 Å². The van der Waals surface area contributed by atoms with Crippen LogP contribution in [-0.4, -0.2) is 12.7 Å². The number of nitrogens with one attached hydrogen (secondary N) is 1. The van der Waals surface area contributed by atoms with Crippen molar-refractivity contribution in [1.29, 1.82) is 0 Å². The highest BCUT2D eigenvalue weighted by molar-refractivity contribution is 6.10. The van der Waals surface area contributed by atoms with E-state index in [1.54, 1.807) is 0 Å². The molecule has 0 saturated heterocycles. The van der Waals surface area contributed by atoms with Crippen LogP contribution in [0.15, 0.2) is 36.6 Å². The van der Waals surface area contributed by atoms with Gasteiger partial charge >= 0.3 is 0 Å². The van der Waals surface area contributed by atoms with E-state index in [1.807, 2.05) is 37.3 Å². The molecule has 2 aromatic rings. The van der Waals surface area contributed by atoms with Crippen LogP contribution >= 0.6 is 0 Å². The zero-order valence-corrected chi connectivity index (χ0v) is 12.7. The van der Waals surface area contributed by atoms with E-state index in [0.29, 0.717) is 12.1 Å². The van der Waals surface area contributed by atoms with Crippen molar-refractivity contribution in [2.75, 3.05) is 6.79 Å². The van der Waals surface area contributed by atoms with Crippen molar-refractivity contribution in [3.8, 4) is 11.5 Å². The maximum Gasteiger partial charge on any atom is 0.251 e. The van der Waals surface area contributed by atoms with Gasteiger partial charge in [-0.15, -0.1) is 0 Å². The van der Waals surface area contributed by atoms with Crippen LogP contribution in [-0.2, 0) is 6.54 Å². The summed E-state index contributed by atoms with van der Waals surface area (Å²) in [5.41, 5.74) is 9.21. The van der Waals surface area contributed by atoms with Gasteiger partial charge in [0.05, 0.1) is 0 Å². The Labute approximate surface area is 133 Å². The predicted molar refractivity (Wildman–Crippen MR) is 88.2 cm³/mol. The first-order valence-corrected chi connectivity index (χ1v) is 7.46. The van der Waals surface area contributed by atoms with Gasteiger partial charge in [0, 0.05) is 17.5 Å². The maximum absolute atomic E-state index is 12.1. The molecule has 5 nitrogen and oxygen atoms in total. The van der Waals surface area contributed by atoms with Gasteiger partial charge in [-0.25, -0.2) is 0 Å². The second kappa shape index (κ2) is 5.05. The Bertz CT molecular complexity index is 897. The van der Waals surface area contributed by atoms with Crippen molar-refractivity contribution in [3.05, 3.63) is 53.2 Å². The third-order valence-corrected chi connectivity index (χ3v) is 4.29. The van der Waals surface area contributed by atoms with Gasteiger partial charge in [0.2, 0.25) is 6.79 Å². The Kier molecular flexibility index (Phi) is 3.01. The van der Waals surface area contributed by atoms with Gasteiger partial charge in [0.1, 0.15) is 0 Å². The number of fused-ring (bicyclic) bond motifs is 4. The van der Waals surface area contributed by atoms with Gasteiger partial charge < -0.3 is 20.5 Å². The molecule has 0 atom stereocenters.